The van der Waals surface area contributed by atoms with Gasteiger partial charge in [-0.05, 0) is 51.6 Å². The topological polar surface area (TPSA) is 29.3 Å². The van der Waals surface area contributed by atoms with Crippen molar-refractivity contribution in [3.05, 3.63) is 33.8 Å². The van der Waals surface area contributed by atoms with Crippen LogP contribution in [-0.2, 0) is 13.0 Å². The highest BCUT2D eigenvalue weighted by molar-refractivity contribution is 9.10. The largest absolute Gasteiger partial charge is 0.325 e. The Morgan fingerprint density at radius 2 is 1.94 bits per heavy atom. The fourth-order valence-corrected chi connectivity index (χ4v) is 2.25. The van der Waals surface area contributed by atoms with Crippen LogP contribution < -0.4 is 5.73 Å². The van der Waals surface area contributed by atoms with Gasteiger partial charge in [0.15, 0.2) is 0 Å². The van der Waals surface area contributed by atoms with E-state index in [2.05, 4.69) is 67.0 Å². The number of hydrogen-bond donors (Lipinski definition) is 1. The highest BCUT2D eigenvalue weighted by Gasteiger charge is 2.12. The second-order valence-corrected chi connectivity index (χ2v) is 6.18. The van der Waals surface area contributed by atoms with Crippen molar-refractivity contribution in [1.82, 2.24) is 4.90 Å². The molecule has 0 unspecified atom stereocenters. The van der Waals surface area contributed by atoms with Crippen molar-refractivity contribution in [3.8, 4) is 0 Å². The van der Waals surface area contributed by atoms with Crippen molar-refractivity contribution in [2.75, 3.05) is 14.1 Å². The van der Waals surface area contributed by atoms with Gasteiger partial charge in [0.1, 0.15) is 0 Å². The van der Waals surface area contributed by atoms with Crippen LogP contribution in [0.2, 0.25) is 0 Å². The summed E-state index contributed by atoms with van der Waals surface area (Å²) in [6.07, 6.45) is 0.897. The van der Waals surface area contributed by atoms with Crippen LogP contribution >= 0.6 is 15.9 Å². The van der Waals surface area contributed by atoms with Crippen molar-refractivity contribution in [2.24, 2.45) is 5.73 Å². The lowest BCUT2D eigenvalue weighted by molar-refractivity contribution is 0.401. The first-order valence-corrected chi connectivity index (χ1v) is 6.28. The summed E-state index contributed by atoms with van der Waals surface area (Å²) in [5, 5.41) is 0. The van der Waals surface area contributed by atoms with Crippen LogP contribution in [0.3, 0.4) is 0 Å². The Hall–Kier alpha value is -0.380. The number of rotatable bonds is 4. The van der Waals surface area contributed by atoms with E-state index < -0.39 is 0 Å². The normalized spacial score (nSPS) is 12.2. The van der Waals surface area contributed by atoms with Gasteiger partial charge in [-0.15, -0.1) is 0 Å². The van der Waals surface area contributed by atoms with Crippen LogP contribution in [0, 0.1) is 0 Å². The molecule has 1 aromatic carbocycles. The Balaban J connectivity index is 2.83. The zero-order chi connectivity index (χ0) is 12.3. The summed E-state index contributed by atoms with van der Waals surface area (Å²) >= 11 is 3.62. The Morgan fingerprint density at radius 3 is 2.38 bits per heavy atom. The molecule has 0 aromatic heterocycles. The summed E-state index contributed by atoms with van der Waals surface area (Å²) in [4.78, 5) is 2.16. The maximum absolute atomic E-state index is 6.01. The maximum atomic E-state index is 6.01. The summed E-state index contributed by atoms with van der Waals surface area (Å²) in [5.41, 5.74) is 8.45. The smallest absolute Gasteiger partial charge is 0.0238 e. The minimum atomic E-state index is -0.150. The summed E-state index contributed by atoms with van der Waals surface area (Å²) in [6, 6.07) is 6.51. The molecule has 0 heterocycles. The fraction of sp³-hybridized carbons (Fsp3) is 0.538. The van der Waals surface area contributed by atoms with Gasteiger partial charge in [-0.25, -0.2) is 0 Å². The first-order chi connectivity index (χ1) is 7.28. The van der Waals surface area contributed by atoms with Gasteiger partial charge in [0.05, 0.1) is 0 Å². The molecule has 0 bridgehead atoms. The Bertz CT molecular complexity index is 353. The zero-order valence-electron chi connectivity index (χ0n) is 10.5. The molecule has 1 aromatic rings. The van der Waals surface area contributed by atoms with E-state index in [0.717, 1.165) is 13.0 Å². The van der Waals surface area contributed by atoms with Gasteiger partial charge >= 0.3 is 0 Å². The summed E-state index contributed by atoms with van der Waals surface area (Å²) in [7, 11) is 4.15. The van der Waals surface area contributed by atoms with E-state index in [1.165, 1.54) is 15.6 Å². The number of nitrogens with zero attached hydrogens (tertiary/aromatic N) is 1. The third-order valence-electron chi connectivity index (χ3n) is 2.26. The number of halogens is 1. The number of hydrogen-bond acceptors (Lipinski definition) is 2. The van der Waals surface area contributed by atoms with Crippen molar-refractivity contribution in [1.29, 1.82) is 0 Å². The molecule has 0 atom stereocenters. The van der Waals surface area contributed by atoms with Gasteiger partial charge in [0, 0.05) is 16.6 Å². The van der Waals surface area contributed by atoms with Gasteiger partial charge in [0.2, 0.25) is 0 Å². The molecule has 0 saturated carbocycles. The van der Waals surface area contributed by atoms with Crippen LogP contribution in [0.15, 0.2) is 22.7 Å². The lowest BCUT2D eigenvalue weighted by Gasteiger charge is -2.19. The van der Waals surface area contributed by atoms with Gasteiger partial charge < -0.3 is 10.6 Å². The highest BCUT2D eigenvalue weighted by Crippen LogP contribution is 2.21. The third-order valence-corrected chi connectivity index (χ3v) is 3.00. The van der Waals surface area contributed by atoms with Crippen LogP contribution in [0.25, 0.3) is 0 Å². The molecule has 16 heavy (non-hydrogen) atoms. The van der Waals surface area contributed by atoms with Crippen molar-refractivity contribution < 1.29 is 0 Å². The Labute approximate surface area is 107 Å². The van der Waals surface area contributed by atoms with Crippen LogP contribution in [0.4, 0.5) is 0 Å². The fourth-order valence-electron chi connectivity index (χ4n) is 1.70. The molecular formula is C13H21BrN2. The molecule has 0 radical (unpaired) electrons. The van der Waals surface area contributed by atoms with E-state index in [1.807, 2.05) is 0 Å². The average molecular weight is 285 g/mol. The van der Waals surface area contributed by atoms with Crippen molar-refractivity contribution in [3.63, 3.8) is 0 Å². The van der Waals surface area contributed by atoms with E-state index >= 15 is 0 Å². The van der Waals surface area contributed by atoms with Crippen LogP contribution in [-0.4, -0.2) is 24.5 Å². The number of nitrogens with two attached hydrogens (primary N) is 1. The Morgan fingerprint density at radius 1 is 1.31 bits per heavy atom. The maximum Gasteiger partial charge on any atom is 0.0238 e. The molecule has 0 aliphatic rings. The predicted octanol–water partition coefficient (Wildman–Crippen LogP) is 2.79. The second kappa shape index (κ2) is 5.30. The molecule has 0 aliphatic carbocycles. The van der Waals surface area contributed by atoms with Crippen LogP contribution in [0.5, 0.6) is 0 Å². The van der Waals surface area contributed by atoms with E-state index in [0.29, 0.717) is 0 Å². The molecule has 90 valence electrons. The number of benzene rings is 1. The van der Waals surface area contributed by atoms with Crippen molar-refractivity contribution in [2.45, 2.75) is 32.4 Å². The first-order valence-electron chi connectivity index (χ1n) is 5.49. The van der Waals surface area contributed by atoms with E-state index in [4.69, 9.17) is 5.73 Å². The predicted molar refractivity (Wildman–Crippen MR) is 73.5 cm³/mol. The highest BCUT2D eigenvalue weighted by atomic mass is 79.9. The second-order valence-electron chi connectivity index (χ2n) is 5.33. The molecule has 0 saturated heterocycles. The van der Waals surface area contributed by atoms with Gasteiger partial charge in [-0.1, -0.05) is 28.1 Å². The molecule has 0 fully saturated rings. The molecule has 2 N–H and O–H groups in total. The molecule has 0 amide bonds. The molecular weight excluding hydrogens is 264 g/mol. The molecule has 0 spiro atoms. The lowest BCUT2D eigenvalue weighted by Crippen LogP contribution is -2.34. The standard InChI is InChI=1S/C13H21BrN2/c1-13(2,15)8-10-5-6-11(9-16(3)4)12(14)7-10/h5-7H,8-9,15H2,1-4H3. The lowest BCUT2D eigenvalue weighted by atomic mass is 9.95. The summed E-state index contributed by atoms with van der Waals surface area (Å²) in [5.74, 6) is 0. The van der Waals surface area contributed by atoms with Crippen LogP contribution in [0.1, 0.15) is 25.0 Å². The SMILES string of the molecule is CN(C)Cc1ccc(CC(C)(C)N)cc1Br. The third kappa shape index (κ3) is 4.64. The zero-order valence-corrected chi connectivity index (χ0v) is 12.1. The quantitative estimate of drug-likeness (QED) is 0.921. The minimum absolute atomic E-state index is 0.150. The first kappa shape index (κ1) is 13.7. The van der Waals surface area contributed by atoms with Gasteiger partial charge in [0.25, 0.3) is 0 Å². The Kier molecular flexibility index (Phi) is 4.53. The molecule has 2 nitrogen and oxygen atoms in total. The minimum Gasteiger partial charge on any atom is -0.325 e. The summed E-state index contributed by atoms with van der Waals surface area (Å²) < 4.78 is 1.17. The van der Waals surface area contributed by atoms with E-state index in [1.54, 1.807) is 0 Å². The molecule has 0 aliphatic heterocycles. The molecule has 1 rings (SSSR count). The van der Waals surface area contributed by atoms with E-state index in [9.17, 15) is 0 Å². The molecule has 3 heteroatoms. The average Bonchev–Trinajstić information content (AvgIpc) is 2.06. The van der Waals surface area contributed by atoms with Gasteiger partial charge in [-0.2, -0.15) is 0 Å². The van der Waals surface area contributed by atoms with E-state index in [-0.39, 0.29) is 5.54 Å². The van der Waals surface area contributed by atoms with Crippen molar-refractivity contribution >= 4 is 15.9 Å². The van der Waals surface area contributed by atoms with Gasteiger partial charge in [-0.3, -0.25) is 0 Å². The summed E-state index contributed by atoms with van der Waals surface area (Å²) in [6.45, 7) is 5.05. The monoisotopic (exact) mass is 284 g/mol.